The fourth-order valence-electron chi connectivity index (χ4n) is 2.57. The molecule has 1 saturated carbocycles. The van der Waals surface area contributed by atoms with E-state index in [4.69, 9.17) is 0 Å². The van der Waals surface area contributed by atoms with Crippen molar-refractivity contribution in [3.05, 3.63) is 33.8 Å². The van der Waals surface area contributed by atoms with Crippen LogP contribution in [0.2, 0.25) is 0 Å². The summed E-state index contributed by atoms with van der Waals surface area (Å²) >= 11 is 3.53. The standard InChI is InChI=1S/C15H20BrNO/c1-11-3-4-13(16)9-12(11)10-17(2)14-5-7-15(18)8-6-14/h3-4,9,14H,5-8,10H2,1-2H3. The Labute approximate surface area is 117 Å². The summed E-state index contributed by atoms with van der Waals surface area (Å²) in [6.45, 7) is 3.12. The van der Waals surface area contributed by atoms with Crippen LogP contribution in [0.5, 0.6) is 0 Å². The summed E-state index contributed by atoms with van der Waals surface area (Å²) in [6.07, 6.45) is 3.55. The van der Waals surface area contributed by atoms with E-state index in [1.165, 1.54) is 11.1 Å². The predicted molar refractivity (Wildman–Crippen MR) is 77.6 cm³/mol. The summed E-state index contributed by atoms with van der Waals surface area (Å²) in [5, 5.41) is 0. The van der Waals surface area contributed by atoms with Crippen LogP contribution >= 0.6 is 15.9 Å². The second kappa shape index (κ2) is 5.98. The van der Waals surface area contributed by atoms with Gasteiger partial charge in [0.15, 0.2) is 0 Å². The van der Waals surface area contributed by atoms with Gasteiger partial charge in [-0.25, -0.2) is 0 Å². The Kier molecular flexibility index (Phi) is 4.57. The first-order valence-corrected chi connectivity index (χ1v) is 7.32. The molecule has 0 unspecified atom stereocenters. The number of halogens is 1. The van der Waals surface area contributed by atoms with E-state index in [2.05, 4.69) is 53.0 Å². The molecule has 2 rings (SSSR count). The molecule has 0 amide bonds. The number of hydrogen-bond acceptors (Lipinski definition) is 2. The average Bonchev–Trinajstić information content (AvgIpc) is 2.34. The molecule has 1 fully saturated rings. The lowest BCUT2D eigenvalue weighted by Gasteiger charge is -2.31. The van der Waals surface area contributed by atoms with Crippen LogP contribution < -0.4 is 0 Å². The fourth-order valence-corrected chi connectivity index (χ4v) is 2.98. The summed E-state index contributed by atoms with van der Waals surface area (Å²) in [4.78, 5) is 13.7. The predicted octanol–water partition coefficient (Wildman–Crippen LogP) is 3.70. The monoisotopic (exact) mass is 309 g/mol. The highest BCUT2D eigenvalue weighted by molar-refractivity contribution is 9.10. The number of Topliss-reactive ketones (excluding diaryl/α,β-unsaturated/α-hetero) is 1. The maximum atomic E-state index is 11.3. The zero-order chi connectivity index (χ0) is 13.1. The number of benzene rings is 1. The van der Waals surface area contributed by atoms with Crippen LogP contribution in [-0.2, 0) is 11.3 Å². The lowest BCUT2D eigenvalue weighted by Crippen LogP contribution is -2.35. The first-order chi connectivity index (χ1) is 8.56. The van der Waals surface area contributed by atoms with Crippen LogP contribution in [0, 0.1) is 6.92 Å². The molecule has 0 spiro atoms. The first kappa shape index (κ1) is 13.8. The molecule has 2 nitrogen and oxygen atoms in total. The summed E-state index contributed by atoms with van der Waals surface area (Å²) in [6, 6.07) is 6.98. The van der Waals surface area contributed by atoms with Gasteiger partial charge in [-0.2, -0.15) is 0 Å². The van der Waals surface area contributed by atoms with E-state index in [1.54, 1.807) is 0 Å². The van der Waals surface area contributed by atoms with Crippen LogP contribution in [0.4, 0.5) is 0 Å². The van der Waals surface area contributed by atoms with Gasteiger partial charge in [-0.3, -0.25) is 9.69 Å². The minimum absolute atomic E-state index is 0.429. The van der Waals surface area contributed by atoms with E-state index >= 15 is 0 Å². The quantitative estimate of drug-likeness (QED) is 0.848. The lowest BCUT2D eigenvalue weighted by atomic mass is 9.93. The molecule has 0 atom stereocenters. The van der Waals surface area contributed by atoms with Crippen molar-refractivity contribution in [3.8, 4) is 0 Å². The Morgan fingerprint density at radius 1 is 1.33 bits per heavy atom. The van der Waals surface area contributed by atoms with Gasteiger partial charge < -0.3 is 0 Å². The van der Waals surface area contributed by atoms with Crippen molar-refractivity contribution in [2.24, 2.45) is 0 Å². The largest absolute Gasteiger partial charge is 0.300 e. The van der Waals surface area contributed by atoms with E-state index in [0.29, 0.717) is 11.8 Å². The maximum Gasteiger partial charge on any atom is 0.133 e. The van der Waals surface area contributed by atoms with Gasteiger partial charge in [-0.15, -0.1) is 0 Å². The van der Waals surface area contributed by atoms with E-state index in [1.807, 2.05) is 0 Å². The third-order valence-electron chi connectivity index (χ3n) is 3.87. The van der Waals surface area contributed by atoms with Crippen LogP contribution in [0.25, 0.3) is 0 Å². The highest BCUT2D eigenvalue weighted by Crippen LogP contribution is 2.23. The molecule has 3 heteroatoms. The van der Waals surface area contributed by atoms with E-state index in [0.717, 1.165) is 36.7 Å². The molecule has 1 aliphatic rings. The van der Waals surface area contributed by atoms with E-state index in [9.17, 15) is 4.79 Å². The number of hydrogen-bond donors (Lipinski definition) is 0. The van der Waals surface area contributed by atoms with Gasteiger partial charge in [0.25, 0.3) is 0 Å². The van der Waals surface area contributed by atoms with Crippen molar-refractivity contribution in [2.75, 3.05) is 7.05 Å². The van der Waals surface area contributed by atoms with Gasteiger partial charge >= 0.3 is 0 Å². The molecule has 1 aromatic carbocycles. The zero-order valence-electron chi connectivity index (χ0n) is 11.1. The Balaban J connectivity index is 2.00. The molecule has 0 aliphatic heterocycles. The molecule has 1 aromatic rings. The van der Waals surface area contributed by atoms with Crippen molar-refractivity contribution in [2.45, 2.75) is 45.2 Å². The number of carbonyl (C=O) groups is 1. The summed E-state index contributed by atoms with van der Waals surface area (Å²) in [5.74, 6) is 0.429. The van der Waals surface area contributed by atoms with E-state index < -0.39 is 0 Å². The highest BCUT2D eigenvalue weighted by atomic mass is 79.9. The minimum Gasteiger partial charge on any atom is -0.300 e. The second-order valence-corrected chi connectivity index (χ2v) is 6.17. The molecule has 0 aromatic heterocycles. The molecule has 0 saturated heterocycles. The van der Waals surface area contributed by atoms with Crippen LogP contribution in [0.3, 0.4) is 0 Å². The zero-order valence-corrected chi connectivity index (χ0v) is 12.7. The van der Waals surface area contributed by atoms with Gasteiger partial charge in [-0.1, -0.05) is 22.0 Å². The Hall–Kier alpha value is -0.670. The Morgan fingerprint density at radius 3 is 2.67 bits per heavy atom. The molecular weight excluding hydrogens is 290 g/mol. The number of ketones is 1. The maximum absolute atomic E-state index is 11.3. The summed E-state index contributed by atoms with van der Waals surface area (Å²) in [7, 11) is 2.17. The third kappa shape index (κ3) is 3.42. The normalized spacial score (nSPS) is 17.4. The lowest BCUT2D eigenvalue weighted by molar-refractivity contribution is -0.121. The second-order valence-electron chi connectivity index (χ2n) is 5.26. The average molecular weight is 310 g/mol. The fraction of sp³-hybridized carbons (Fsp3) is 0.533. The van der Waals surface area contributed by atoms with Crippen LogP contribution in [0.15, 0.2) is 22.7 Å². The third-order valence-corrected chi connectivity index (χ3v) is 4.36. The van der Waals surface area contributed by atoms with Crippen molar-refractivity contribution in [1.29, 1.82) is 0 Å². The molecule has 98 valence electrons. The highest BCUT2D eigenvalue weighted by Gasteiger charge is 2.22. The summed E-state index contributed by atoms with van der Waals surface area (Å²) in [5.41, 5.74) is 2.70. The topological polar surface area (TPSA) is 20.3 Å². The summed E-state index contributed by atoms with van der Waals surface area (Å²) < 4.78 is 1.13. The van der Waals surface area contributed by atoms with Crippen molar-refractivity contribution in [1.82, 2.24) is 4.90 Å². The molecule has 0 heterocycles. The minimum atomic E-state index is 0.429. The number of rotatable bonds is 3. The molecule has 0 N–H and O–H groups in total. The van der Waals surface area contributed by atoms with Gasteiger partial charge in [0.05, 0.1) is 0 Å². The van der Waals surface area contributed by atoms with Crippen molar-refractivity contribution >= 4 is 21.7 Å². The SMILES string of the molecule is Cc1ccc(Br)cc1CN(C)C1CCC(=O)CC1. The molecule has 0 radical (unpaired) electrons. The van der Waals surface area contributed by atoms with Crippen molar-refractivity contribution < 1.29 is 4.79 Å². The first-order valence-electron chi connectivity index (χ1n) is 6.53. The molecular formula is C15H20BrNO. The van der Waals surface area contributed by atoms with Gasteiger partial charge in [-0.05, 0) is 50.1 Å². The Bertz CT molecular complexity index is 434. The number of nitrogens with zero attached hydrogens (tertiary/aromatic N) is 1. The van der Waals surface area contributed by atoms with Crippen LogP contribution in [-0.4, -0.2) is 23.8 Å². The van der Waals surface area contributed by atoms with Gasteiger partial charge in [0.1, 0.15) is 5.78 Å². The number of aryl methyl sites for hydroxylation is 1. The molecule has 1 aliphatic carbocycles. The van der Waals surface area contributed by atoms with Gasteiger partial charge in [0, 0.05) is 29.9 Å². The van der Waals surface area contributed by atoms with Crippen LogP contribution in [0.1, 0.15) is 36.8 Å². The molecule has 18 heavy (non-hydrogen) atoms. The van der Waals surface area contributed by atoms with Crippen molar-refractivity contribution in [3.63, 3.8) is 0 Å². The van der Waals surface area contributed by atoms with E-state index in [-0.39, 0.29) is 0 Å². The smallest absolute Gasteiger partial charge is 0.133 e. The molecule has 0 bridgehead atoms. The number of carbonyl (C=O) groups excluding carboxylic acids is 1. The Morgan fingerprint density at radius 2 is 2.00 bits per heavy atom. The van der Waals surface area contributed by atoms with Gasteiger partial charge in [0.2, 0.25) is 0 Å².